The van der Waals surface area contributed by atoms with E-state index in [1.54, 1.807) is 24.3 Å². The highest BCUT2D eigenvalue weighted by Crippen LogP contribution is 2.12. The van der Waals surface area contributed by atoms with Crippen molar-refractivity contribution in [2.75, 3.05) is 13.2 Å². The van der Waals surface area contributed by atoms with Crippen molar-refractivity contribution in [2.24, 2.45) is 0 Å². The molecule has 0 radical (unpaired) electrons. The molecular weight excluding hydrogens is 306 g/mol. The molecule has 2 aromatic rings. The Labute approximate surface area is 141 Å². The summed E-state index contributed by atoms with van der Waals surface area (Å²) in [6, 6.07) is 16.3. The van der Waals surface area contributed by atoms with Gasteiger partial charge in [-0.25, -0.2) is 4.79 Å². The zero-order valence-electron chi connectivity index (χ0n) is 13.6. The van der Waals surface area contributed by atoms with E-state index < -0.39 is 5.97 Å². The second kappa shape index (κ2) is 8.84. The molecule has 2 aromatic carbocycles. The highest BCUT2D eigenvalue weighted by Gasteiger charge is 2.11. The summed E-state index contributed by atoms with van der Waals surface area (Å²) in [5.41, 5.74) is 2.19. The molecule has 2 N–H and O–H groups in total. The quantitative estimate of drug-likeness (QED) is 0.765. The molecule has 24 heavy (non-hydrogen) atoms. The smallest absolute Gasteiger partial charge is 0.338 e. The van der Waals surface area contributed by atoms with Gasteiger partial charge < -0.3 is 15.2 Å². The molecule has 0 aliphatic heterocycles. The first-order valence-corrected chi connectivity index (χ1v) is 7.78. The zero-order chi connectivity index (χ0) is 17.4. The van der Waals surface area contributed by atoms with E-state index in [0.717, 1.165) is 5.56 Å². The Hall–Kier alpha value is -2.66. The summed E-state index contributed by atoms with van der Waals surface area (Å²) in [4.78, 5) is 23.6. The summed E-state index contributed by atoms with van der Waals surface area (Å²) in [7, 11) is 0. The van der Waals surface area contributed by atoms with Crippen LogP contribution in [0.2, 0.25) is 0 Å². The van der Waals surface area contributed by atoms with Crippen molar-refractivity contribution in [3.8, 4) is 0 Å². The number of aliphatic hydroxyl groups excluding tert-OH is 1. The van der Waals surface area contributed by atoms with Gasteiger partial charge in [-0.3, -0.25) is 4.79 Å². The first-order valence-electron chi connectivity index (χ1n) is 7.78. The number of carbonyl (C=O) groups is 2. The van der Waals surface area contributed by atoms with Gasteiger partial charge in [-0.15, -0.1) is 0 Å². The fourth-order valence-electron chi connectivity index (χ4n) is 2.18. The number of hydrogen-bond donors (Lipinski definition) is 2. The standard InChI is InChI=1S/C19H21NO4/c1-14(16-5-3-2-4-6-16)11-20-18(22)13-24-19(23)17-9-7-15(12-21)8-10-17/h2-10,14,21H,11-13H2,1H3,(H,20,22)/t14-/m1/s1. The Balaban J connectivity index is 1.75. The third-order valence-corrected chi connectivity index (χ3v) is 3.68. The second-order valence-electron chi connectivity index (χ2n) is 5.55. The van der Waals surface area contributed by atoms with Gasteiger partial charge >= 0.3 is 5.97 Å². The van der Waals surface area contributed by atoms with Crippen molar-refractivity contribution in [1.29, 1.82) is 0 Å². The predicted molar refractivity (Wildman–Crippen MR) is 90.5 cm³/mol. The van der Waals surface area contributed by atoms with Crippen LogP contribution in [0, 0.1) is 0 Å². The molecular formula is C19H21NO4. The molecule has 0 aliphatic carbocycles. The Morgan fingerprint density at radius 2 is 1.75 bits per heavy atom. The Kier molecular flexibility index (Phi) is 6.51. The molecule has 0 aliphatic rings. The Morgan fingerprint density at radius 1 is 1.08 bits per heavy atom. The molecule has 0 saturated carbocycles. The molecule has 0 aromatic heterocycles. The first kappa shape index (κ1) is 17.7. The van der Waals surface area contributed by atoms with E-state index in [1.165, 1.54) is 0 Å². The van der Waals surface area contributed by atoms with Gasteiger partial charge in [0, 0.05) is 6.54 Å². The van der Waals surface area contributed by atoms with E-state index in [0.29, 0.717) is 17.7 Å². The van der Waals surface area contributed by atoms with Crippen LogP contribution < -0.4 is 5.32 Å². The summed E-state index contributed by atoms with van der Waals surface area (Å²) in [5, 5.41) is 11.7. The number of esters is 1. The maximum atomic E-state index is 11.8. The van der Waals surface area contributed by atoms with Gasteiger partial charge in [0.1, 0.15) is 0 Å². The van der Waals surface area contributed by atoms with E-state index >= 15 is 0 Å². The highest BCUT2D eigenvalue weighted by atomic mass is 16.5. The number of rotatable bonds is 7. The molecule has 126 valence electrons. The number of benzene rings is 2. The van der Waals surface area contributed by atoms with E-state index in [1.807, 2.05) is 37.3 Å². The Bertz CT molecular complexity index is 668. The fourth-order valence-corrected chi connectivity index (χ4v) is 2.18. The normalized spacial score (nSPS) is 11.6. The van der Waals surface area contributed by atoms with E-state index in [4.69, 9.17) is 9.84 Å². The zero-order valence-corrected chi connectivity index (χ0v) is 13.6. The lowest BCUT2D eigenvalue weighted by Crippen LogP contribution is -2.31. The molecule has 0 heterocycles. The van der Waals surface area contributed by atoms with Gasteiger partial charge in [-0.2, -0.15) is 0 Å². The van der Waals surface area contributed by atoms with Crippen molar-refractivity contribution < 1.29 is 19.4 Å². The first-order chi connectivity index (χ1) is 11.6. The van der Waals surface area contributed by atoms with Crippen LogP contribution in [-0.2, 0) is 16.1 Å². The van der Waals surface area contributed by atoms with Crippen LogP contribution in [0.5, 0.6) is 0 Å². The third-order valence-electron chi connectivity index (χ3n) is 3.68. The van der Waals surface area contributed by atoms with Crippen molar-refractivity contribution in [2.45, 2.75) is 19.4 Å². The topological polar surface area (TPSA) is 75.6 Å². The molecule has 0 bridgehead atoms. The fraction of sp³-hybridized carbons (Fsp3) is 0.263. The van der Waals surface area contributed by atoms with Gasteiger partial charge in [-0.05, 0) is 29.2 Å². The predicted octanol–water partition coefficient (Wildman–Crippen LogP) is 2.26. The number of aliphatic hydroxyl groups is 1. The van der Waals surface area contributed by atoms with Crippen LogP contribution in [0.15, 0.2) is 54.6 Å². The lowest BCUT2D eigenvalue weighted by molar-refractivity contribution is -0.124. The van der Waals surface area contributed by atoms with Crippen LogP contribution in [0.25, 0.3) is 0 Å². The number of amides is 1. The van der Waals surface area contributed by atoms with Crippen LogP contribution in [0.4, 0.5) is 0 Å². The van der Waals surface area contributed by atoms with Crippen molar-refractivity contribution in [3.05, 3.63) is 71.3 Å². The van der Waals surface area contributed by atoms with Gasteiger partial charge in [0.2, 0.25) is 0 Å². The lowest BCUT2D eigenvalue weighted by Gasteiger charge is -2.13. The third kappa shape index (κ3) is 5.21. The highest BCUT2D eigenvalue weighted by molar-refractivity contribution is 5.91. The minimum absolute atomic E-state index is 0.0860. The van der Waals surface area contributed by atoms with Gasteiger partial charge in [-0.1, -0.05) is 49.4 Å². The molecule has 0 unspecified atom stereocenters. The van der Waals surface area contributed by atoms with E-state index in [9.17, 15) is 9.59 Å². The summed E-state index contributed by atoms with van der Waals surface area (Å²) < 4.78 is 4.99. The number of carbonyl (C=O) groups excluding carboxylic acids is 2. The monoisotopic (exact) mass is 327 g/mol. The molecule has 2 rings (SSSR count). The maximum absolute atomic E-state index is 11.8. The molecule has 5 heteroatoms. The van der Waals surface area contributed by atoms with Gasteiger partial charge in [0.15, 0.2) is 6.61 Å². The summed E-state index contributed by atoms with van der Waals surface area (Å²) in [6.45, 7) is 2.09. The van der Waals surface area contributed by atoms with Crippen molar-refractivity contribution in [3.63, 3.8) is 0 Å². The Morgan fingerprint density at radius 3 is 2.38 bits per heavy atom. The van der Waals surface area contributed by atoms with Gasteiger partial charge in [0.05, 0.1) is 12.2 Å². The molecule has 1 amide bonds. The summed E-state index contributed by atoms with van der Waals surface area (Å²) >= 11 is 0. The molecule has 1 atom stereocenters. The minimum Gasteiger partial charge on any atom is -0.452 e. The van der Waals surface area contributed by atoms with Crippen LogP contribution in [0.3, 0.4) is 0 Å². The second-order valence-corrected chi connectivity index (χ2v) is 5.55. The largest absolute Gasteiger partial charge is 0.452 e. The van der Waals surface area contributed by atoms with E-state index in [-0.39, 0.29) is 25.0 Å². The van der Waals surface area contributed by atoms with Gasteiger partial charge in [0.25, 0.3) is 5.91 Å². The number of ether oxygens (including phenoxy) is 1. The van der Waals surface area contributed by atoms with Crippen molar-refractivity contribution in [1.82, 2.24) is 5.32 Å². The summed E-state index contributed by atoms with van der Waals surface area (Å²) in [6.07, 6.45) is 0. The van der Waals surface area contributed by atoms with Crippen molar-refractivity contribution >= 4 is 11.9 Å². The minimum atomic E-state index is -0.564. The lowest BCUT2D eigenvalue weighted by atomic mass is 10.0. The van der Waals surface area contributed by atoms with Crippen LogP contribution in [0.1, 0.15) is 34.3 Å². The van der Waals surface area contributed by atoms with Crippen LogP contribution in [-0.4, -0.2) is 30.1 Å². The molecule has 0 spiro atoms. The average molecular weight is 327 g/mol. The van der Waals surface area contributed by atoms with E-state index in [2.05, 4.69) is 5.32 Å². The SMILES string of the molecule is C[C@H](CNC(=O)COC(=O)c1ccc(CO)cc1)c1ccccc1. The molecule has 5 nitrogen and oxygen atoms in total. The summed E-state index contributed by atoms with van der Waals surface area (Å²) in [5.74, 6) is -0.722. The van der Waals surface area contributed by atoms with Crippen LogP contribution >= 0.6 is 0 Å². The average Bonchev–Trinajstić information content (AvgIpc) is 2.64. The number of hydrogen-bond acceptors (Lipinski definition) is 4. The number of nitrogens with one attached hydrogen (secondary N) is 1. The molecule has 0 fully saturated rings. The molecule has 0 saturated heterocycles. The maximum Gasteiger partial charge on any atom is 0.338 e.